The maximum atomic E-state index is 11.5. The maximum absolute atomic E-state index is 11.5. The number of ketones is 1. The van der Waals surface area contributed by atoms with Crippen LogP contribution in [0.25, 0.3) is 21.9 Å². The van der Waals surface area contributed by atoms with Crippen LogP contribution in [-0.2, 0) is 0 Å². The van der Waals surface area contributed by atoms with E-state index in [-0.39, 0.29) is 11.5 Å². The Morgan fingerprint density at radius 1 is 1.16 bits per heavy atom. The number of aromatic hydroxyl groups is 1. The molecule has 3 heteroatoms. The summed E-state index contributed by atoms with van der Waals surface area (Å²) >= 11 is 0. The molecule has 0 saturated carbocycles. The van der Waals surface area contributed by atoms with Crippen molar-refractivity contribution in [2.75, 3.05) is 0 Å². The van der Waals surface area contributed by atoms with E-state index in [1.807, 2.05) is 26.0 Å². The highest BCUT2D eigenvalue weighted by molar-refractivity contribution is 6.11. The Morgan fingerprint density at radius 2 is 1.84 bits per heavy atom. The number of phenols is 1. The van der Waals surface area contributed by atoms with Crippen molar-refractivity contribution in [3.63, 3.8) is 0 Å². The SMILES string of the molecule is CC(=O)c1cc2c(cc1O)oc1c(C)ccc(C)c12. The molecule has 0 radical (unpaired) electrons. The number of fused-ring (bicyclic) bond motifs is 3. The van der Waals surface area contributed by atoms with E-state index >= 15 is 0 Å². The van der Waals surface area contributed by atoms with Gasteiger partial charge in [0.2, 0.25) is 0 Å². The van der Waals surface area contributed by atoms with Gasteiger partial charge in [0.05, 0.1) is 5.56 Å². The van der Waals surface area contributed by atoms with E-state index in [4.69, 9.17) is 4.42 Å². The topological polar surface area (TPSA) is 50.4 Å². The minimum Gasteiger partial charge on any atom is -0.507 e. The van der Waals surface area contributed by atoms with Crippen molar-refractivity contribution in [3.05, 3.63) is 41.0 Å². The zero-order valence-corrected chi connectivity index (χ0v) is 11.1. The van der Waals surface area contributed by atoms with E-state index in [1.165, 1.54) is 13.0 Å². The lowest BCUT2D eigenvalue weighted by atomic mass is 10.0. The zero-order valence-electron chi connectivity index (χ0n) is 11.1. The first-order valence-corrected chi connectivity index (χ1v) is 6.15. The molecule has 0 aliphatic carbocycles. The van der Waals surface area contributed by atoms with E-state index in [1.54, 1.807) is 6.07 Å². The quantitative estimate of drug-likeness (QED) is 0.665. The van der Waals surface area contributed by atoms with Gasteiger partial charge >= 0.3 is 0 Å². The van der Waals surface area contributed by atoms with Crippen LogP contribution in [0.3, 0.4) is 0 Å². The molecule has 1 heterocycles. The highest BCUT2D eigenvalue weighted by Crippen LogP contribution is 2.36. The predicted octanol–water partition coefficient (Wildman–Crippen LogP) is 4.11. The van der Waals surface area contributed by atoms with Crippen LogP contribution in [0.1, 0.15) is 28.4 Å². The number of rotatable bonds is 1. The molecule has 0 spiro atoms. The van der Waals surface area contributed by atoms with Crippen molar-refractivity contribution < 1.29 is 14.3 Å². The Labute approximate surface area is 110 Å². The number of aryl methyl sites for hydroxylation is 2. The first kappa shape index (κ1) is 11.8. The van der Waals surface area contributed by atoms with Crippen molar-refractivity contribution in [2.45, 2.75) is 20.8 Å². The number of hydrogen-bond acceptors (Lipinski definition) is 3. The Kier molecular flexibility index (Phi) is 2.39. The van der Waals surface area contributed by atoms with E-state index in [2.05, 4.69) is 0 Å². The number of carbonyl (C=O) groups excluding carboxylic acids is 1. The standard InChI is InChI=1S/C16H14O3/c1-8-4-5-9(2)16-15(8)12-6-11(10(3)17)13(18)7-14(12)19-16/h4-7,18H,1-3H3. The number of phenolic OH excluding ortho intramolecular Hbond substituents is 1. The Hall–Kier alpha value is -2.29. The van der Waals surface area contributed by atoms with Gasteiger partial charge in [-0.15, -0.1) is 0 Å². The molecule has 0 amide bonds. The van der Waals surface area contributed by atoms with Gasteiger partial charge in [0, 0.05) is 16.8 Å². The first-order valence-electron chi connectivity index (χ1n) is 6.15. The molecule has 19 heavy (non-hydrogen) atoms. The summed E-state index contributed by atoms with van der Waals surface area (Å²) in [7, 11) is 0. The van der Waals surface area contributed by atoms with Crippen LogP contribution in [0.2, 0.25) is 0 Å². The van der Waals surface area contributed by atoms with E-state index in [0.29, 0.717) is 11.1 Å². The highest BCUT2D eigenvalue weighted by Gasteiger charge is 2.15. The number of hydrogen-bond donors (Lipinski definition) is 1. The molecule has 1 N–H and O–H groups in total. The molecule has 3 aromatic rings. The number of Topliss-reactive ketones (excluding diaryl/α,β-unsaturated/α-hetero) is 1. The minimum absolute atomic E-state index is 0.0330. The number of carbonyl (C=O) groups is 1. The first-order chi connectivity index (χ1) is 8.99. The van der Waals surface area contributed by atoms with Gasteiger partial charge < -0.3 is 9.52 Å². The lowest BCUT2D eigenvalue weighted by molar-refractivity contribution is 0.101. The molecule has 0 aliphatic rings. The van der Waals surface area contributed by atoms with Crippen LogP contribution in [0.15, 0.2) is 28.7 Å². The third kappa shape index (κ3) is 1.62. The Bertz CT molecular complexity index is 825. The molecule has 3 nitrogen and oxygen atoms in total. The molecule has 3 rings (SSSR count). The lowest BCUT2D eigenvalue weighted by Crippen LogP contribution is -1.92. The van der Waals surface area contributed by atoms with Crippen LogP contribution in [0.4, 0.5) is 0 Å². The summed E-state index contributed by atoms with van der Waals surface area (Å²) in [6.07, 6.45) is 0. The Morgan fingerprint density at radius 3 is 2.53 bits per heavy atom. The molecular formula is C16H14O3. The summed E-state index contributed by atoms with van der Waals surface area (Å²) in [6.45, 7) is 5.44. The van der Waals surface area contributed by atoms with E-state index in [9.17, 15) is 9.90 Å². The van der Waals surface area contributed by atoms with Crippen molar-refractivity contribution >= 4 is 27.7 Å². The van der Waals surface area contributed by atoms with Crippen molar-refractivity contribution in [1.82, 2.24) is 0 Å². The van der Waals surface area contributed by atoms with Crippen LogP contribution < -0.4 is 0 Å². The predicted molar refractivity (Wildman–Crippen MR) is 74.9 cm³/mol. The monoisotopic (exact) mass is 254 g/mol. The fraction of sp³-hybridized carbons (Fsp3) is 0.188. The molecule has 1 aromatic heterocycles. The normalized spacial score (nSPS) is 11.3. The van der Waals surface area contributed by atoms with Crippen molar-refractivity contribution in [1.29, 1.82) is 0 Å². The van der Waals surface area contributed by atoms with E-state index < -0.39 is 0 Å². The third-order valence-electron chi connectivity index (χ3n) is 3.52. The van der Waals surface area contributed by atoms with Crippen molar-refractivity contribution in [3.8, 4) is 5.75 Å². The molecular weight excluding hydrogens is 240 g/mol. The van der Waals surface area contributed by atoms with Gasteiger partial charge in [0.1, 0.15) is 16.9 Å². The summed E-state index contributed by atoms with van der Waals surface area (Å²) in [5.41, 5.74) is 3.89. The summed E-state index contributed by atoms with van der Waals surface area (Å²) < 4.78 is 5.81. The molecule has 0 unspecified atom stereocenters. The average molecular weight is 254 g/mol. The average Bonchev–Trinajstić information content (AvgIpc) is 2.72. The third-order valence-corrected chi connectivity index (χ3v) is 3.52. The Balaban J connectivity index is 2.54. The molecule has 2 aromatic carbocycles. The van der Waals surface area contributed by atoms with Gasteiger partial charge in [-0.05, 0) is 38.0 Å². The summed E-state index contributed by atoms with van der Waals surface area (Å²) in [5.74, 6) is -0.187. The van der Waals surface area contributed by atoms with Gasteiger partial charge in [-0.3, -0.25) is 4.79 Å². The molecule has 0 atom stereocenters. The van der Waals surface area contributed by atoms with Crippen molar-refractivity contribution in [2.24, 2.45) is 0 Å². The second-order valence-corrected chi connectivity index (χ2v) is 4.93. The summed E-state index contributed by atoms with van der Waals surface area (Å²) in [4.78, 5) is 11.5. The summed E-state index contributed by atoms with van der Waals surface area (Å²) in [6, 6.07) is 7.27. The highest BCUT2D eigenvalue weighted by atomic mass is 16.3. The smallest absolute Gasteiger partial charge is 0.163 e. The molecule has 0 fully saturated rings. The molecule has 0 saturated heterocycles. The fourth-order valence-corrected chi connectivity index (χ4v) is 2.49. The van der Waals surface area contributed by atoms with Gasteiger partial charge in [-0.25, -0.2) is 0 Å². The minimum atomic E-state index is -0.154. The second kappa shape index (κ2) is 3.85. The zero-order chi connectivity index (χ0) is 13.7. The molecule has 96 valence electrons. The summed E-state index contributed by atoms with van der Waals surface area (Å²) in [5, 5.41) is 11.7. The van der Waals surface area contributed by atoms with Crippen LogP contribution in [-0.4, -0.2) is 10.9 Å². The fourth-order valence-electron chi connectivity index (χ4n) is 2.49. The largest absolute Gasteiger partial charge is 0.507 e. The number of benzene rings is 2. The van der Waals surface area contributed by atoms with Crippen LogP contribution >= 0.6 is 0 Å². The van der Waals surface area contributed by atoms with Gasteiger partial charge in [-0.1, -0.05) is 12.1 Å². The number of furan rings is 1. The van der Waals surface area contributed by atoms with Crippen LogP contribution in [0, 0.1) is 13.8 Å². The molecule has 0 bridgehead atoms. The van der Waals surface area contributed by atoms with Gasteiger partial charge in [0.25, 0.3) is 0 Å². The van der Waals surface area contributed by atoms with Gasteiger partial charge in [0.15, 0.2) is 5.78 Å². The van der Waals surface area contributed by atoms with Crippen LogP contribution in [0.5, 0.6) is 5.75 Å². The van der Waals surface area contributed by atoms with Gasteiger partial charge in [-0.2, -0.15) is 0 Å². The molecule has 0 aliphatic heterocycles. The van der Waals surface area contributed by atoms with E-state index in [0.717, 1.165) is 27.5 Å². The second-order valence-electron chi connectivity index (χ2n) is 4.93. The lowest BCUT2D eigenvalue weighted by Gasteiger charge is -2.01. The maximum Gasteiger partial charge on any atom is 0.163 e.